The number of aromatic nitrogens is 2. The summed E-state index contributed by atoms with van der Waals surface area (Å²) >= 11 is 5.88. The van der Waals surface area contributed by atoms with Crippen LogP contribution in [0.3, 0.4) is 0 Å². The van der Waals surface area contributed by atoms with Crippen LogP contribution in [0.1, 0.15) is 19.3 Å². The van der Waals surface area contributed by atoms with Gasteiger partial charge in [-0.3, -0.25) is 0 Å². The predicted molar refractivity (Wildman–Crippen MR) is 63.9 cm³/mol. The highest BCUT2D eigenvalue weighted by molar-refractivity contribution is 6.29. The summed E-state index contributed by atoms with van der Waals surface area (Å²) in [6.07, 6.45) is 5.11. The van der Waals surface area contributed by atoms with Gasteiger partial charge in [-0.15, -0.1) is 0 Å². The van der Waals surface area contributed by atoms with Crippen molar-refractivity contribution in [3.63, 3.8) is 0 Å². The smallest absolute Gasteiger partial charge is 0.134 e. The van der Waals surface area contributed by atoms with E-state index in [9.17, 15) is 0 Å². The Morgan fingerprint density at radius 1 is 1.50 bits per heavy atom. The first-order valence-electron chi connectivity index (χ1n) is 5.54. The van der Waals surface area contributed by atoms with Crippen LogP contribution in [-0.4, -0.2) is 36.3 Å². The van der Waals surface area contributed by atoms with Gasteiger partial charge in [-0.05, 0) is 19.3 Å². The maximum absolute atomic E-state index is 5.88. The average Bonchev–Trinajstić information content (AvgIpc) is 2.30. The molecular weight excluding hydrogens is 226 g/mol. The number of anilines is 1. The van der Waals surface area contributed by atoms with Gasteiger partial charge in [-0.25, -0.2) is 9.97 Å². The molecular formula is C11H16ClN3O. The highest BCUT2D eigenvalue weighted by Gasteiger charge is 2.23. The van der Waals surface area contributed by atoms with Crippen molar-refractivity contribution in [3.8, 4) is 0 Å². The zero-order valence-electron chi connectivity index (χ0n) is 9.40. The Kier molecular flexibility index (Phi) is 3.96. The summed E-state index contributed by atoms with van der Waals surface area (Å²) in [7, 11) is 1.74. The molecule has 0 bridgehead atoms. The number of nitrogens with zero attached hydrogens (tertiary/aromatic N) is 3. The maximum atomic E-state index is 5.88. The predicted octanol–water partition coefficient (Wildman–Crippen LogP) is 2.14. The third kappa shape index (κ3) is 2.62. The van der Waals surface area contributed by atoms with Crippen LogP contribution in [0.5, 0.6) is 0 Å². The highest BCUT2D eigenvalue weighted by atomic mass is 35.5. The van der Waals surface area contributed by atoms with Crippen LogP contribution < -0.4 is 4.90 Å². The first-order chi connectivity index (χ1) is 7.81. The number of methoxy groups -OCH3 is 1. The molecule has 1 saturated heterocycles. The first kappa shape index (κ1) is 11.6. The second kappa shape index (κ2) is 5.46. The van der Waals surface area contributed by atoms with Crippen molar-refractivity contribution in [1.29, 1.82) is 0 Å². The quantitative estimate of drug-likeness (QED) is 0.760. The summed E-state index contributed by atoms with van der Waals surface area (Å²) in [6, 6.07) is 2.22. The molecule has 0 unspecified atom stereocenters. The first-order valence-corrected chi connectivity index (χ1v) is 5.92. The number of hydrogen-bond acceptors (Lipinski definition) is 4. The number of piperidine rings is 1. The van der Waals surface area contributed by atoms with Gasteiger partial charge < -0.3 is 9.64 Å². The van der Waals surface area contributed by atoms with Crippen LogP contribution >= 0.6 is 11.6 Å². The Bertz CT molecular complexity index is 346. The lowest BCUT2D eigenvalue weighted by molar-refractivity contribution is 0.166. The molecule has 0 amide bonds. The van der Waals surface area contributed by atoms with Gasteiger partial charge in [0.05, 0.1) is 12.6 Å². The molecule has 88 valence electrons. The van der Waals surface area contributed by atoms with Gasteiger partial charge in [-0.1, -0.05) is 11.6 Å². The largest absolute Gasteiger partial charge is 0.383 e. The summed E-state index contributed by atoms with van der Waals surface area (Å²) in [4.78, 5) is 10.4. The Morgan fingerprint density at radius 2 is 2.38 bits per heavy atom. The van der Waals surface area contributed by atoms with Crippen molar-refractivity contribution in [2.45, 2.75) is 25.3 Å². The van der Waals surface area contributed by atoms with Crippen molar-refractivity contribution >= 4 is 17.4 Å². The van der Waals surface area contributed by atoms with Crippen LogP contribution in [0.25, 0.3) is 0 Å². The Hall–Kier alpha value is -0.870. The van der Waals surface area contributed by atoms with Gasteiger partial charge in [0.1, 0.15) is 17.3 Å². The Balaban J connectivity index is 2.16. The monoisotopic (exact) mass is 241 g/mol. The van der Waals surface area contributed by atoms with Crippen molar-refractivity contribution in [1.82, 2.24) is 9.97 Å². The van der Waals surface area contributed by atoms with Gasteiger partial charge >= 0.3 is 0 Å². The Labute approximate surface area is 101 Å². The number of hydrogen-bond donors (Lipinski definition) is 0. The molecule has 4 nitrogen and oxygen atoms in total. The molecule has 0 spiro atoms. The minimum atomic E-state index is 0.407. The molecule has 0 N–H and O–H groups in total. The van der Waals surface area contributed by atoms with Gasteiger partial charge in [0.15, 0.2) is 0 Å². The van der Waals surface area contributed by atoms with Gasteiger partial charge in [0.25, 0.3) is 0 Å². The summed E-state index contributed by atoms with van der Waals surface area (Å²) in [5.74, 6) is 0.904. The zero-order chi connectivity index (χ0) is 11.4. The zero-order valence-corrected chi connectivity index (χ0v) is 10.2. The lowest BCUT2D eigenvalue weighted by atomic mass is 10.0. The molecule has 2 heterocycles. The average molecular weight is 242 g/mol. The van der Waals surface area contributed by atoms with E-state index in [-0.39, 0.29) is 0 Å². The molecule has 0 radical (unpaired) electrons. The standard InChI is InChI=1S/C11H16ClN3O/c1-16-7-9-4-2-3-5-15(9)11-6-10(12)13-8-14-11/h6,8-9H,2-5,7H2,1H3/t9-/m1/s1. The van der Waals surface area contributed by atoms with Crippen molar-refractivity contribution in [2.24, 2.45) is 0 Å². The van der Waals surface area contributed by atoms with Gasteiger partial charge in [0, 0.05) is 19.7 Å². The van der Waals surface area contributed by atoms with Gasteiger partial charge in [-0.2, -0.15) is 0 Å². The van der Waals surface area contributed by atoms with E-state index in [2.05, 4.69) is 14.9 Å². The lowest BCUT2D eigenvalue weighted by Crippen LogP contribution is -2.42. The molecule has 16 heavy (non-hydrogen) atoms. The molecule has 5 heteroatoms. The van der Waals surface area contributed by atoms with Crippen molar-refractivity contribution in [3.05, 3.63) is 17.5 Å². The molecule has 0 saturated carbocycles. The number of rotatable bonds is 3. The fraction of sp³-hybridized carbons (Fsp3) is 0.636. The van der Waals surface area contributed by atoms with E-state index >= 15 is 0 Å². The second-order valence-electron chi connectivity index (χ2n) is 4.00. The molecule has 0 aromatic carbocycles. The lowest BCUT2D eigenvalue weighted by Gasteiger charge is -2.36. The van der Waals surface area contributed by atoms with Crippen LogP contribution in [-0.2, 0) is 4.74 Å². The summed E-state index contributed by atoms with van der Waals surface area (Å²) in [5, 5.41) is 0.492. The molecule has 1 aliphatic rings. The molecule has 2 rings (SSSR count). The second-order valence-corrected chi connectivity index (χ2v) is 4.38. The maximum Gasteiger partial charge on any atom is 0.134 e. The van der Waals surface area contributed by atoms with E-state index in [0.29, 0.717) is 11.2 Å². The third-order valence-electron chi connectivity index (χ3n) is 2.90. The molecule has 1 atom stereocenters. The van der Waals surface area contributed by atoms with E-state index < -0.39 is 0 Å². The van der Waals surface area contributed by atoms with Crippen molar-refractivity contribution < 1.29 is 4.74 Å². The summed E-state index contributed by atoms with van der Waals surface area (Å²) < 4.78 is 5.25. The topological polar surface area (TPSA) is 38.2 Å². The fourth-order valence-electron chi connectivity index (χ4n) is 2.15. The van der Waals surface area contributed by atoms with E-state index in [0.717, 1.165) is 25.4 Å². The van der Waals surface area contributed by atoms with Crippen LogP contribution in [0.2, 0.25) is 5.15 Å². The third-order valence-corrected chi connectivity index (χ3v) is 3.11. The SMILES string of the molecule is COC[C@H]1CCCCN1c1cc(Cl)ncn1. The highest BCUT2D eigenvalue weighted by Crippen LogP contribution is 2.24. The Morgan fingerprint density at radius 3 is 3.12 bits per heavy atom. The molecule has 1 aromatic heterocycles. The van der Waals surface area contributed by atoms with E-state index in [1.807, 2.05) is 6.07 Å². The molecule has 1 aliphatic heterocycles. The minimum absolute atomic E-state index is 0.407. The van der Waals surface area contributed by atoms with Crippen LogP contribution in [0.4, 0.5) is 5.82 Å². The number of ether oxygens (including phenoxy) is 1. The summed E-state index contributed by atoms with van der Waals surface area (Å²) in [6.45, 7) is 1.75. The van der Waals surface area contributed by atoms with Crippen LogP contribution in [0.15, 0.2) is 12.4 Å². The molecule has 1 fully saturated rings. The summed E-state index contributed by atoms with van der Waals surface area (Å²) in [5.41, 5.74) is 0. The van der Waals surface area contributed by atoms with Gasteiger partial charge in [0.2, 0.25) is 0 Å². The van der Waals surface area contributed by atoms with Crippen LogP contribution in [0, 0.1) is 0 Å². The van der Waals surface area contributed by atoms with E-state index in [1.54, 1.807) is 7.11 Å². The normalized spacial score (nSPS) is 21.1. The number of halogens is 1. The van der Waals surface area contributed by atoms with E-state index in [1.165, 1.54) is 19.2 Å². The fourth-order valence-corrected chi connectivity index (χ4v) is 2.29. The molecule has 1 aromatic rings. The minimum Gasteiger partial charge on any atom is -0.383 e. The van der Waals surface area contributed by atoms with Crippen molar-refractivity contribution in [2.75, 3.05) is 25.2 Å². The van der Waals surface area contributed by atoms with E-state index in [4.69, 9.17) is 16.3 Å². The molecule has 0 aliphatic carbocycles.